The van der Waals surface area contributed by atoms with Crippen LogP contribution in [0, 0.1) is 5.82 Å². The summed E-state index contributed by atoms with van der Waals surface area (Å²) < 4.78 is 40.4. The summed E-state index contributed by atoms with van der Waals surface area (Å²) in [6.07, 6.45) is 1.11. The molecule has 2 aromatic rings. The number of hydrogen-bond acceptors (Lipinski definition) is 5. The zero-order valence-electron chi connectivity index (χ0n) is 16.8. The van der Waals surface area contributed by atoms with Crippen molar-refractivity contribution >= 4 is 33.3 Å². The summed E-state index contributed by atoms with van der Waals surface area (Å²) in [6.45, 7) is 0. The fraction of sp³-hybridized carbons (Fsp3) is 0.286. The maximum absolute atomic E-state index is 14.5. The predicted molar refractivity (Wildman–Crippen MR) is 114 cm³/mol. The number of rotatable bonds is 8. The van der Waals surface area contributed by atoms with Crippen LogP contribution in [0.5, 0.6) is 0 Å². The third-order valence-corrected chi connectivity index (χ3v) is 5.34. The van der Waals surface area contributed by atoms with Gasteiger partial charge in [0.05, 0.1) is 23.7 Å². The number of amides is 1. The number of para-hydroxylation sites is 1. The number of carboxylic acids is 1. The van der Waals surface area contributed by atoms with Crippen molar-refractivity contribution in [3.8, 4) is 0 Å². The molecular formula is C21H22FN3O5S. The quantitative estimate of drug-likeness (QED) is 0.645. The van der Waals surface area contributed by atoms with E-state index >= 15 is 0 Å². The van der Waals surface area contributed by atoms with Crippen molar-refractivity contribution in [2.24, 2.45) is 5.10 Å². The molecule has 1 atom stereocenters. The van der Waals surface area contributed by atoms with E-state index < -0.39 is 33.8 Å². The largest absolute Gasteiger partial charge is 0.481 e. The molecule has 0 radical (unpaired) electrons. The average molecular weight is 447 g/mol. The van der Waals surface area contributed by atoms with Crippen molar-refractivity contribution in [3.63, 3.8) is 0 Å². The Kier molecular flexibility index (Phi) is 6.69. The van der Waals surface area contributed by atoms with Crippen molar-refractivity contribution in [3.05, 3.63) is 65.5 Å². The van der Waals surface area contributed by atoms with E-state index in [0.717, 1.165) is 6.26 Å². The second kappa shape index (κ2) is 9.25. The summed E-state index contributed by atoms with van der Waals surface area (Å²) in [6, 6.07) is 12.0. The standard InChI is InChI=1S/C21H22FN3O5S/c1-31(29,30)24-17-10-5-3-8-15(17)18-13-19(14-7-2-4-9-16(14)22)25(23-18)20(26)11-6-12-21(27)28/h2-5,7-10,19,24H,6,11-13H2,1H3,(H,27,28). The number of hydrogen-bond donors (Lipinski definition) is 2. The van der Waals surface area contributed by atoms with Gasteiger partial charge in [-0.15, -0.1) is 0 Å². The number of nitrogens with zero attached hydrogens (tertiary/aromatic N) is 2. The predicted octanol–water partition coefficient (Wildman–Crippen LogP) is 3.13. The van der Waals surface area contributed by atoms with Crippen LogP contribution in [0.4, 0.5) is 10.1 Å². The maximum atomic E-state index is 14.5. The first-order chi connectivity index (χ1) is 14.7. The van der Waals surface area contributed by atoms with E-state index in [1.807, 2.05) is 0 Å². The number of benzene rings is 2. The van der Waals surface area contributed by atoms with Crippen LogP contribution in [0.25, 0.3) is 0 Å². The minimum atomic E-state index is -3.55. The van der Waals surface area contributed by atoms with E-state index in [-0.39, 0.29) is 31.2 Å². The third kappa shape index (κ3) is 5.66. The molecule has 0 fully saturated rings. The van der Waals surface area contributed by atoms with Crippen LogP contribution in [-0.2, 0) is 19.6 Å². The highest BCUT2D eigenvalue weighted by Gasteiger charge is 2.35. The van der Waals surface area contributed by atoms with Gasteiger partial charge in [-0.05, 0) is 18.6 Å². The molecular weight excluding hydrogens is 425 g/mol. The van der Waals surface area contributed by atoms with Crippen molar-refractivity contribution in [1.29, 1.82) is 0 Å². The number of carbonyl (C=O) groups is 2. The van der Waals surface area contributed by atoms with Gasteiger partial charge >= 0.3 is 5.97 Å². The summed E-state index contributed by atoms with van der Waals surface area (Å²) in [5, 5.41) is 14.4. The number of carbonyl (C=O) groups excluding carboxylic acids is 1. The lowest BCUT2D eigenvalue weighted by Gasteiger charge is -2.22. The molecule has 0 saturated carbocycles. The lowest BCUT2D eigenvalue weighted by atomic mass is 9.97. The van der Waals surface area contributed by atoms with Gasteiger partial charge in [0.2, 0.25) is 15.9 Å². The van der Waals surface area contributed by atoms with Gasteiger partial charge < -0.3 is 5.11 Å². The first-order valence-electron chi connectivity index (χ1n) is 9.58. The second-order valence-corrected chi connectivity index (χ2v) is 8.94. The molecule has 164 valence electrons. The number of nitrogens with one attached hydrogen (secondary N) is 1. The molecule has 0 aliphatic carbocycles. The van der Waals surface area contributed by atoms with E-state index in [1.165, 1.54) is 11.1 Å². The Balaban J connectivity index is 1.96. The summed E-state index contributed by atoms with van der Waals surface area (Å²) in [5.74, 6) is -1.93. The number of hydrazone groups is 1. The molecule has 2 N–H and O–H groups in total. The first kappa shape index (κ1) is 22.4. The molecule has 1 heterocycles. The maximum Gasteiger partial charge on any atom is 0.303 e. The number of sulfonamides is 1. The smallest absolute Gasteiger partial charge is 0.303 e. The van der Waals surface area contributed by atoms with Gasteiger partial charge in [-0.1, -0.05) is 36.4 Å². The molecule has 3 rings (SSSR count). The number of carboxylic acid groups (broad SMARTS) is 1. The molecule has 0 spiro atoms. The molecule has 1 amide bonds. The molecule has 31 heavy (non-hydrogen) atoms. The molecule has 1 aliphatic heterocycles. The first-order valence-corrected chi connectivity index (χ1v) is 11.5. The van der Waals surface area contributed by atoms with Gasteiger partial charge in [-0.2, -0.15) is 5.10 Å². The van der Waals surface area contributed by atoms with Crippen LogP contribution >= 0.6 is 0 Å². The Bertz CT molecular complexity index is 1130. The lowest BCUT2D eigenvalue weighted by molar-refractivity contribution is -0.137. The summed E-state index contributed by atoms with van der Waals surface area (Å²) in [5.41, 5.74) is 1.49. The van der Waals surface area contributed by atoms with E-state index in [1.54, 1.807) is 42.5 Å². The molecule has 1 unspecified atom stereocenters. The van der Waals surface area contributed by atoms with Gasteiger partial charge in [-0.25, -0.2) is 17.8 Å². The van der Waals surface area contributed by atoms with E-state index in [4.69, 9.17) is 5.11 Å². The minimum absolute atomic E-state index is 0.0583. The van der Waals surface area contributed by atoms with Crippen LogP contribution in [0.1, 0.15) is 42.9 Å². The third-order valence-electron chi connectivity index (χ3n) is 4.74. The van der Waals surface area contributed by atoms with Crippen LogP contribution < -0.4 is 4.72 Å². The fourth-order valence-corrected chi connectivity index (χ4v) is 4.00. The monoisotopic (exact) mass is 447 g/mol. The van der Waals surface area contributed by atoms with Gasteiger partial charge in [-0.3, -0.25) is 14.3 Å². The van der Waals surface area contributed by atoms with E-state index in [0.29, 0.717) is 17.0 Å². The molecule has 0 aromatic heterocycles. The topological polar surface area (TPSA) is 116 Å². The van der Waals surface area contributed by atoms with Crippen LogP contribution in [0.2, 0.25) is 0 Å². The van der Waals surface area contributed by atoms with Gasteiger partial charge in [0.25, 0.3) is 0 Å². The zero-order chi connectivity index (χ0) is 22.6. The molecule has 8 nitrogen and oxygen atoms in total. The highest BCUT2D eigenvalue weighted by atomic mass is 32.2. The van der Waals surface area contributed by atoms with Crippen molar-refractivity contribution < 1.29 is 27.5 Å². The molecule has 10 heteroatoms. The van der Waals surface area contributed by atoms with Gasteiger partial charge in [0, 0.05) is 30.4 Å². The Morgan fingerprint density at radius 1 is 1.16 bits per heavy atom. The van der Waals surface area contributed by atoms with Crippen molar-refractivity contribution in [2.45, 2.75) is 31.7 Å². The number of aliphatic carboxylic acids is 1. The summed E-state index contributed by atoms with van der Waals surface area (Å²) >= 11 is 0. The minimum Gasteiger partial charge on any atom is -0.481 e. The van der Waals surface area contributed by atoms with Gasteiger partial charge in [0.15, 0.2) is 0 Å². The molecule has 2 aromatic carbocycles. The van der Waals surface area contributed by atoms with Crippen LogP contribution in [0.3, 0.4) is 0 Å². The SMILES string of the molecule is CS(=O)(=O)Nc1ccccc1C1=NN(C(=O)CCCC(=O)O)C(c2ccccc2F)C1. The zero-order valence-corrected chi connectivity index (χ0v) is 17.6. The van der Waals surface area contributed by atoms with Gasteiger partial charge in [0.1, 0.15) is 5.82 Å². The normalized spacial score (nSPS) is 16.1. The van der Waals surface area contributed by atoms with Crippen LogP contribution in [0.15, 0.2) is 53.6 Å². The van der Waals surface area contributed by atoms with Crippen LogP contribution in [-0.4, -0.2) is 42.4 Å². The van der Waals surface area contributed by atoms with E-state index in [9.17, 15) is 22.4 Å². The second-order valence-electron chi connectivity index (χ2n) is 7.19. The summed E-state index contributed by atoms with van der Waals surface area (Å²) in [7, 11) is -3.55. The number of anilines is 1. The van der Waals surface area contributed by atoms with Crippen molar-refractivity contribution in [1.82, 2.24) is 5.01 Å². The Morgan fingerprint density at radius 3 is 2.52 bits per heavy atom. The highest BCUT2D eigenvalue weighted by Crippen LogP contribution is 2.36. The Morgan fingerprint density at radius 2 is 1.84 bits per heavy atom. The number of halogens is 1. The molecule has 0 saturated heterocycles. The Labute approximate surface area is 179 Å². The highest BCUT2D eigenvalue weighted by molar-refractivity contribution is 7.92. The average Bonchev–Trinajstić information content (AvgIpc) is 3.12. The van der Waals surface area contributed by atoms with E-state index in [2.05, 4.69) is 9.82 Å². The van der Waals surface area contributed by atoms with Crippen molar-refractivity contribution in [2.75, 3.05) is 11.0 Å². The fourth-order valence-electron chi connectivity index (χ4n) is 3.42. The molecule has 1 aliphatic rings. The molecule has 0 bridgehead atoms. The summed E-state index contributed by atoms with van der Waals surface area (Å²) in [4.78, 5) is 23.6. The lowest BCUT2D eigenvalue weighted by Crippen LogP contribution is -2.27. The Hall–Kier alpha value is -3.27.